The number of aromatic amines is 1. The second kappa shape index (κ2) is 5.20. The van der Waals surface area contributed by atoms with Crippen molar-refractivity contribution in [2.45, 2.75) is 6.42 Å². The van der Waals surface area contributed by atoms with Crippen molar-refractivity contribution in [3.05, 3.63) is 18.5 Å². The second-order valence-corrected chi connectivity index (χ2v) is 3.58. The summed E-state index contributed by atoms with van der Waals surface area (Å²) in [4.78, 5) is 25.9. The summed E-state index contributed by atoms with van der Waals surface area (Å²) < 4.78 is 0. The van der Waals surface area contributed by atoms with Crippen LogP contribution in [-0.2, 0) is 9.59 Å². The molecule has 0 fully saturated rings. The second-order valence-electron chi connectivity index (χ2n) is 3.58. The van der Waals surface area contributed by atoms with Crippen LogP contribution in [0.15, 0.2) is 18.5 Å². The van der Waals surface area contributed by atoms with Crippen molar-refractivity contribution in [2.75, 3.05) is 18.5 Å². The van der Waals surface area contributed by atoms with E-state index < -0.39 is 17.9 Å². The lowest BCUT2D eigenvalue weighted by atomic mass is 10.1. The van der Waals surface area contributed by atoms with E-state index in [9.17, 15) is 9.59 Å². The Morgan fingerprint density at radius 1 is 1.50 bits per heavy atom. The van der Waals surface area contributed by atoms with Gasteiger partial charge in [0.05, 0.1) is 18.0 Å². The Balaban J connectivity index is 2.61. The average molecular weight is 226 g/mol. The third-order valence-corrected chi connectivity index (χ3v) is 2.29. The van der Waals surface area contributed by atoms with E-state index in [4.69, 9.17) is 10.2 Å². The molecule has 0 spiro atoms. The Hall–Kier alpha value is -1.98. The quantitative estimate of drug-likeness (QED) is 0.661. The van der Waals surface area contributed by atoms with Crippen LogP contribution in [0.5, 0.6) is 0 Å². The molecule has 0 radical (unpaired) electrons. The largest absolute Gasteiger partial charge is 0.481 e. The van der Waals surface area contributed by atoms with Gasteiger partial charge in [-0.05, 0) is 6.07 Å². The minimum atomic E-state index is -1.10. The topological polar surface area (TPSA) is 93.6 Å². The van der Waals surface area contributed by atoms with Crippen molar-refractivity contribution in [3.8, 4) is 0 Å². The fraction of sp³-hybridized carbons (Fsp3) is 0.400. The zero-order valence-electron chi connectivity index (χ0n) is 8.88. The van der Waals surface area contributed by atoms with E-state index in [2.05, 4.69) is 4.98 Å². The van der Waals surface area contributed by atoms with Crippen LogP contribution in [0.25, 0.3) is 0 Å². The minimum absolute atomic E-state index is 0.166. The van der Waals surface area contributed by atoms with Crippen LogP contribution in [-0.4, -0.2) is 40.7 Å². The molecule has 0 saturated carbocycles. The first kappa shape index (κ1) is 12.1. The molecule has 0 aliphatic heterocycles. The van der Waals surface area contributed by atoms with Gasteiger partial charge in [-0.25, -0.2) is 0 Å². The van der Waals surface area contributed by atoms with Crippen molar-refractivity contribution in [1.29, 1.82) is 0 Å². The van der Waals surface area contributed by atoms with Gasteiger partial charge in [-0.3, -0.25) is 9.59 Å². The van der Waals surface area contributed by atoms with Gasteiger partial charge >= 0.3 is 11.9 Å². The summed E-state index contributed by atoms with van der Waals surface area (Å²) in [7, 11) is 1.72. The Labute approximate surface area is 92.5 Å². The summed E-state index contributed by atoms with van der Waals surface area (Å²) in [6.45, 7) is 0.166. The van der Waals surface area contributed by atoms with Crippen LogP contribution >= 0.6 is 0 Å². The van der Waals surface area contributed by atoms with Gasteiger partial charge in [-0.2, -0.15) is 0 Å². The molecule has 1 aromatic heterocycles. The van der Waals surface area contributed by atoms with Gasteiger partial charge in [0.2, 0.25) is 0 Å². The molecule has 0 aromatic carbocycles. The number of H-pyrrole nitrogens is 1. The smallest absolute Gasteiger partial charge is 0.308 e. The molecule has 1 rings (SSSR count). The molecule has 0 aliphatic rings. The third-order valence-electron chi connectivity index (χ3n) is 2.29. The van der Waals surface area contributed by atoms with E-state index in [1.54, 1.807) is 30.4 Å². The zero-order valence-corrected chi connectivity index (χ0v) is 8.88. The molecule has 88 valence electrons. The highest BCUT2D eigenvalue weighted by molar-refractivity contribution is 5.78. The Bertz CT molecular complexity index is 361. The van der Waals surface area contributed by atoms with Crippen LogP contribution in [0.3, 0.4) is 0 Å². The maximum Gasteiger partial charge on any atom is 0.308 e. The van der Waals surface area contributed by atoms with E-state index in [1.165, 1.54) is 0 Å². The molecule has 1 atom stereocenters. The van der Waals surface area contributed by atoms with Crippen LogP contribution in [0, 0.1) is 5.92 Å². The molecule has 0 saturated heterocycles. The number of aromatic nitrogens is 1. The van der Waals surface area contributed by atoms with E-state index >= 15 is 0 Å². The Kier molecular flexibility index (Phi) is 3.93. The number of carboxylic acid groups (broad SMARTS) is 2. The fourth-order valence-electron chi connectivity index (χ4n) is 1.43. The van der Waals surface area contributed by atoms with Crippen molar-refractivity contribution >= 4 is 17.6 Å². The van der Waals surface area contributed by atoms with Gasteiger partial charge in [0.1, 0.15) is 0 Å². The van der Waals surface area contributed by atoms with Gasteiger partial charge in [0.15, 0.2) is 0 Å². The zero-order chi connectivity index (χ0) is 12.1. The molecular weight excluding hydrogens is 212 g/mol. The Morgan fingerprint density at radius 2 is 2.19 bits per heavy atom. The van der Waals surface area contributed by atoms with Crippen LogP contribution in [0.1, 0.15) is 6.42 Å². The average Bonchev–Trinajstić information content (AvgIpc) is 2.68. The number of anilines is 1. The summed E-state index contributed by atoms with van der Waals surface area (Å²) in [6.07, 6.45) is 3.07. The molecular formula is C10H14N2O4. The lowest BCUT2D eigenvalue weighted by Gasteiger charge is -2.21. The highest BCUT2D eigenvalue weighted by Crippen LogP contribution is 2.14. The molecule has 1 heterocycles. The van der Waals surface area contributed by atoms with E-state index in [1.807, 2.05) is 0 Å². The summed E-state index contributed by atoms with van der Waals surface area (Å²) in [5, 5.41) is 17.5. The highest BCUT2D eigenvalue weighted by atomic mass is 16.4. The van der Waals surface area contributed by atoms with Gasteiger partial charge < -0.3 is 20.1 Å². The monoisotopic (exact) mass is 226 g/mol. The first-order chi connectivity index (χ1) is 7.50. The first-order valence-electron chi connectivity index (χ1n) is 4.79. The lowest BCUT2D eigenvalue weighted by Crippen LogP contribution is -2.31. The highest BCUT2D eigenvalue weighted by Gasteiger charge is 2.22. The molecule has 0 aliphatic carbocycles. The standard InChI is InChI=1S/C10H14N2O4/c1-12(8-2-3-11-5-8)6-7(10(15)16)4-9(13)14/h2-3,5,7,11H,4,6H2,1H3,(H,13,14)(H,15,16). The maximum absolute atomic E-state index is 10.8. The Morgan fingerprint density at radius 3 is 2.62 bits per heavy atom. The number of rotatable bonds is 6. The van der Waals surface area contributed by atoms with Crippen LogP contribution < -0.4 is 4.90 Å². The predicted octanol–water partition coefficient (Wildman–Crippen LogP) is 0.626. The predicted molar refractivity (Wildman–Crippen MR) is 57.4 cm³/mol. The number of hydrogen-bond acceptors (Lipinski definition) is 3. The fourth-order valence-corrected chi connectivity index (χ4v) is 1.43. The first-order valence-corrected chi connectivity index (χ1v) is 4.79. The van der Waals surface area contributed by atoms with Gasteiger partial charge in [-0.1, -0.05) is 0 Å². The number of nitrogens with zero attached hydrogens (tertiary/aromatic N) is 1. The van der Waals surface area contributed by atoms with E-state index in [-0.39, 0.29) is 13.0 Å². The van der Waals surface area contributed by atoms with Crippen LogP contribution in [0.2, 0.25) is 0 Å². The van der Waals surface area contributed by atoms with Gasteiger partial charge in [0.25, 0.3) is 0 Å². The molecule has 0 bridgehead atoms. The summed E-state index contributed by atoms with van der Waals surface area (Å²) in [6, 6.07) is 1.79. The maximum atomic E-state index is 10.8. The molecule has 6 nitrogen and oxygen atoms in total. The lowest BCUT2D eigenvalue weighted by molar-refractivity contribution is -0.147. The van der Waals surface area contributed by atoms with E-state index in [0.29, 0.717) is 0 Å². The summed E-state index contributed by atoms with van der Waals surface area (Å²) in [5.74, 6) is -3.10. The molecule has 1 aromatic rings. The minimum Gasteiger partial charge on any atom is -0.481 e. The van der Waals surface area contributed by atoms with Gasteiger partial charge in [-0.15, -0.1) is 0 Å². The number of aliphatic carboxylic acids is 2. The van der Waals surface area contributed by atoms with Crippen molar-refractivity contribution in [1.82, 2.24) is 4.98 Å². The van der Waals surface area contributed by atoms with Crippen LogP contribution in [0.4, 0.5) is 5.69 Å². The molecule has 16 heavy (non-hydrogen) atoms. The van der Waals surface area contributed by atoms with Gasteiger partial charge in [0, 0.05) is 26.0 Å². The molecule has 1 unspecified atom stereocenters. The van der Waals surface area contributed by atoms with Crippen molar-refractivity contribution in [2.24, 2.45) is 5.92 Å². The number of hydrogen-bond donors (Lipinski definition) is 3. The summed E-state index contributed by atoms with van der Waals surface area (Å²) in [5.41, 5.74) is 0.830. The molecule has 0 amide bonds. The van der Waals surface area contributed by atoms with Crippen molar-refractivity contribution < 1.29 is 19.8 Å². The molecule has 6 heteroatoms. The summed E-state index contributed by atoms with van der Waals surface area (Å²) >= 11 is 0. The van der Waals surface area contributed by atoms with E-state index in [0.717, 1.165) is 5.69 Å². The number of carboxylic acids is 2. The van der Waals surface area contributed by atoms with Crippen molar-refractivity contribution in [3.63, 3.8) is 0 Å². The SMILES string of the molecule is CN(CC(CC(=O)O)C(=O)O)c1cc[nH]c1. The molecule has 3 N–H and O–H groups in total. The number of carbonyl (C=O) groups is 2. The third kappa shape index (κ3) is 3.30. The normalized spacial score (nSPS) is 12.1. The number of nitrogens with one attached hydrogen (secondary N) is 1.